The predicted molar refractivity (Wildman–Crippen MR) is 79.2 cm³/mol. The molecule has 0 heterocycles. The molecule has 1 amide bonds. The van der Waals surface area contributed by atoms with E-state index in [1.165, 1.54) is 30.3 Å². The first-order valence-electron chi connectivity index (χ1n) is 6.03. The van der Waals surface area contributed by atoms with Crippen LogP contribution >= 0.6 is 11.6 Å². The van der Waals surface area contributed by atoms with E-state index in [4.69, 9.17) is 16.7 Å². The number of anilines is 1. The summed E-state index contributed by atoms with van der Waals surface area (Å²) in [4.78, 5) is 23.3. The maximum atomic E-state index is 12.1. The Morgan fingerprint density at radius 3 is 2.52 bits per heavy atom. The Kier molecular flexibility index (Phi) is 4.14. The van der Waals surface area contributed by atoms with Crippen molar-refractivity contribution < 1.29 is 19.8 Å². The fraction of sp³-hybridized carbons (Fsp3) is 0.0667. The summed E-state index contributed by atoms with van der Waals surface area (Å²) in [5.41, 5.74) is 0.808. The molecule has 0 unspecified atom stereocenters. The fourth-order valence-electron chi connectivity index (χ4n) is 1.84. The minimum absolute atomic E-state index is 0.0437. The van der Waals surface area contributed by atoms with Crippen LogP contribution in [0.4, 0.5) is 5.69 Å². The molecule has 2 rings (SSSR count). The van der Waals surface area contributed by atoms with E-state index in [0.29, 0.717) is 11.1 Å². The lowest BCUT2D eigenvalue weighted by Gasteiger charge is -2.10. The third-order valence-electron chi connectivity index (χ3n) is 2.93. The summed E-state index contributed by atoms with van der Waals surface area (Å²) in [6.45, 7) is 1.66. The average molecular weight is 306 g/mol. The lowest BCUT2D eigenvalue weighted by atomic mass is 10.1. The summed E-state index contributed by atoms with van der Waals surface area (Å²) in [6, 6.07) is 8.80. The molecule has 0 radical (unpaired) electrons. The SMILES string of the molecule is Cc1cc(C(=O)Nc2cccc(Cl)c2C(=O)O)ccc1O. The summed E-state index contributed by atoms with van der Waals surface area (Å²) in [5, 5.41) is 21.1. The Hall–Kier alpha value is -2.53. The van der Waals surface area contributed by atoms with Crippen molar-refractivity contribution >= 4 is 29.2 Å². The highest BCUT2D eigenvalue weighted by Gasteiger charge is 2.17. The van der Waals surface area contributed by atoms with E-state index in [1.807, 2.05) is 0 Å². The van der Waals surface area contributed by atoms with Gasteiger partial charge in [-0.3, -0.25) is 4.79 Å². The van der Waals surface area contributed by atoms with E-state index in [-0.39, 0.29) is 22.0 Å². The molecule has 3 N–H and O–H groups in total. The van der Waals surface area contributed by atoms with Crippen LogP contribution in [0, 0.1) is 6.92 Å². The highest BCUT2D eigenvalue weighted by atomic mass is 35.5. The van der Waals surface area contributed by atoms with Crippen LogP contribution in [0.5, 0.6) is 5.75 Å². The molecule has 0 fully saturated rings. The molecular formula is C15H12ClNO4. The minimum Gasteiger partial charge on any atom is -0.508 e. The monoisotopic (exact) mass is 305 g/mol. The van der Waals surface area contributed by atoms with Gasteiger partial charge in [0.05, 0.1) is 10.7 Å². The van der Waals surface area contributed by atoms with Crippen molar-refractivity contribution in [2.45, 2.75) is 6.92 Å². The normalized spacial score (nSPS) is 10.2. The third kappa shape index (κ3) is 3.14. The fourth-order valence-corrected chi connectivity index (χ4v) is 2.09. The second-order valence-corrected chi connectivity index (χ2v) is 4.83. The molecule has 108 valence electrons. The molecule has 0 aliphatic rings. The van der Waals surface area contributed by atoms with Gasteiger partial charge >= 0.3 is 5.97 Å². The summed E-state index contributed by atoms with van der Waals surface area (Å²) >= 11 is 5.83. The van der Waals surface area contributed by atoms with E-state index in [1.54, 1.807) is 13.0 Å². The van der Waals surface area contributed by atoms with Gasteiger partial charge in [0.25, 0.3) is 5.91 Å². The van der Waals surface area contributed by atoms with E-state index in [2.05, 4.69) is 5.32 Å². The summed E-state index contributed by atoms with van der Waals surface area (Å²) in [7, 11) is 0. The summed E-state index contributed by atoms with van der Waals surface area (Å²) < 4.78 is 0. The van der Waals surface area contributed by atoms with Crippen molar-refractivity contribution in [2.24, 2.45) is 0 Å². The number of benzene rings is 2. The van der Waals surface area contributed by atoms with Gasteiger partial charge in [0.2, 0.25) is 0 Å². The van der Waals surface area contributed by atoms with Gasteiger partial charge < -0.3 is 15.5 Å². The van der Waals surface area contributed by atoms with Crippen molar-refractivity contribution in [3.8, 4) is 5.75 Å². The van der Waals surface area contributed by atoms with Crippen molar-refractivity contribution in [3.05, 3.63) is 58.1 Å². The number of carboxylic acid groups (broad SMARTS) is 1. The molecule has 0 saturated heterocycles. The highest BCUT2D eigenvalue weighted by Crippen LogP contribution is 2.25. The lowest BCUT2D eigenvalue weighted by Crippen LogP contribution is -2.15. The largest absolute Gasteiger partial charge is 0.508 e. The maximum Gasteiger partial charge on any atom is 0.339 e. The smallest absolute Gasteiger partial charge is 0.339 e. The van der Waals surface area contributed by atoms with Crippen molar-refractivity contribution in [3.63, 3.8) is 0 Å². The van der Waals surface area contributed by atoms with Crippen LogP contribution in [0.3, 0.4) is 0 Å². The standard InChI is InChI=1S/C15H12ClNO4/c1-8-7-9(5-6-12(8)18)14(19)17-11-4-2-3-10(16)13(11)15(20)21/h2-7,18H,1H3,(H,17,19)(H,20,21). The molecule has 5 nitrogen and oxygen atoms in total. The molecule has 0 atom stereocenters. The summed E-state index contributed by atoms with van der Waals surface area (Å²) in [5.74, 6) is -1.62. The zero-order chi connectivity index (χ0) is 15.6. The molecule has 2 aromatic rings. The Balaban J connectivity index is 2.34. The number of aromatic carboxylic acids is 1. The van der Waals surface area contributed by atoms with Crippen LogP contribution < -0.4 is 5.32 Å². The molecule has 21 heavy (non-hydrogen) atoms. The quantitative estimate of drug-likeness (QED) is 0.812. The Labute approximate surface area is 125 Å². The number of halogens is 1. The number of carbonyl (C=O) groups is 2. The molecule has 0 aliphatic heterocycles. The number of amides is 1. The van der Waals surface area contributed by atoms with E-state index < -0.39 is 11.9 Å². The van der Waals surface area contributed by atoms with E-state index in [0.717, 1.165) is 0 Å². The number of hydrogen-bond donors (Lipinski definition) is 3. The first-order chi connectivity index (χ1) is 9.90. The predicted octanol–water partition coefficient (Wildman–Crippen LogP) is 3.30. The molecule has 6 heteroatoms. The van der Waals surface area contributed by atoms with Gasteiger partial charge in [0.1, 0.15) is 11.3 Å². The first-order valence-corrected chi connectivity index (χ1v) is 6.40. The molecule has 0 saturated carbocycles. The zero-order valence-corrected chi connectivity index (χ0v) is 11.8. The zero-order valence-electron chi connectivity index (χ0n) is 11.1. The number of phenolic OH excluding ortho intramolecular Hbond substituents is 1. The van der Waals surface area contributed by atoms with Crippen LogP contribution in [0.15, 0.2) is 36.4 Å². The van der Waals surface area contributed by atoms with Gasteiger partial charge in [-0.05, 0) is 42.8 Å². The number of phenols is 1. The average Bonchev–Trinajstić information content (AvgIpc) is 2.41. The van der Waals surface area contributed by atoms with E-state index >= 15 is 0 Å². The van der Waals surface area contributed by atoms with Gasteiger partial charge in [0.15, 0.2) is 0 Å². The van der Waals surface area contributed by atoms with Gasteiger partial charge in [-0.15, -0.1) is 0 Å². The van der Waals surface area contributed by atoms with Gasteiger partial charge in [-0.25, -0.2) is 4.79 Å². The Morgan fingerprint density at radius 2 is 1.90 bits per heavy atom. The second-order valence-electron chi connectivity index (χ2n) is 4.42. The van der Waals surface area contributed by atoms with Gasteiger partial charge in [-0.1, -0.05) is 17.7 Å². The van der Waals surface area contributed by atoms with Crippen LogP contribution in [0.1, 0.15) is 26.3 Å². The molecule has 0 bridgehead atoms. The van der Waals surface area contributed by atoms with Crippen LogP contribution in [0.25, 0.3) is 0 Å². The number of nitrogens with one attached hydrogen (secondary N) is 1. The highest BCUT2D eigenvalue weighted by molar-refractivity contribution is 6.34. The Bertz CT molecular complexity index is 728. The van der Waals surface area contributed by atoms with Crippen molar-refractivity contribution in [1.82, 2.24) is 0 Å². The Morgan fingerprint density at radius 1 is 1.19 bits per heavy atom. The minimum atomic E-state index is -1.22. The number of hydrogen-bond acceptors (Lipinski definition) is 3. The number of carboxylic acids is 1. The molecule has 2 aromatic carbocycles. The molecular weight excluding hydrogens is 294 g/mol. The van der Waals surface area contributed by atoms with Crippen molar-refractivity contribution in [1.29, 1.82) is 0 Å². The van der Waals surface area contributed by atoms with Gasteiger partial charge in [-0.2, -0.15) is 0 Å². The van der Waals surface area contributed by atoms with E-state index in [9.17, 15) is 14.7 Å². The number of aromatic hydroxyl groups is 1. The maximum absolute atomic E-state index is 12.1. The third-order valence-corrected chi connectivity index (χ3v) is 3.25. The van der Waals surface area contributed by atoms with Gasteiger partial charge in [0, 0.05) is 5.56 Å². The lowest BCUT2D eigenvalue weighted by molar-refractivity contribution is 0.0698. The van der Waals surface area contributed by atoms with Crippen LogP contribution in [-0.4, -0.2) is 22.1 Å². The summed E-state index contributed by atoms with van der Waals surface area (Å²) in [6.07, 6.45) is 0. The number of aryl methyl sites for hydroxylation is 1. The molecule has 0 spiro atoms. The van der Waals surface area contributed by atoms with Crippen LogP contribution in [-0.2, 0) is 0 Å². The molecule has 0 aliphatic carbocycles. The number of carbonyl (C=O) groups excluding carboxylic acids is 1. The van der Waals surface area contributed by atoms with Crippen LogP contribution in [0.2, 0.25) is 5.02 Å². The number of rotatable bonds is 3. The van der Waals surface area contributed by atoms with Crippen molar-refractivity contribution in [2.75, 3.05) is 5.32 Å². The second kappa shape index (κ2) is 5.85. The molecule has 0 aromatic heterocycles. The first kappa shape index (κ1) is 14.9. The topological polar surface area (TPSA) is 86.6 Å².